The van der Waals surface area contributed by atoms with Crippen molar-refractivity contribution < 1.29 is 27.9 Å². The Morgan fingerprint density at radius 1 is 1.21 bits per heavy atom. The molecule has 1 aromatic heterocycles. The predicted molar refractivity (Wildman–Crippen MR) is 106 cm³/mol. The van der Waals surface area contributed by atoms with Crippen LogP contribution in [0, 0.1) is 11.6 Å². The van der Waals surface area contributed by atoms with Crippen molar-refractivity contribution in [1.29, 1.82) is 0 Å². The maximum atomic E-state index is 13.6. The fraction of sp³-hybridized carbons (Fsp3) is 0.0556. The van der Waals surface area contributed by atoms with Crippen molar-refractivity contribution in [2.75, 3.05) is 4.90 Å². The summed E-state index contributed by atoms with van der Waals surface area (Å²) in [6, 6.07) is 7.46. The van der Waals surface area contributed by atoms with Crippen LogP contribution in [-0.2, 0) is 9.36 Å². The van der Waals surface area contributed by atoms with E-state index in [1.165, 1.54) is 22.8 Å². The van der Waals surface area contributed by atoms with Crippen LogP contribution >= 0.6 is 30.5 Å². The molecule has 0 saturated carbocycles. The van der Waals surface area contributed by atoms with Crippen molar-refractivity contribution in [2.45, 2.75) is 5.66 Å². The second kappa shape index (κ2) is 7.73. The first-order valence-corrected chi connectivity index (χ1v) is 10.7. The highest BCUT2D eigenvalue weighted by molar-refractivity contribution is 7.53. The number of carbonyl (C=O) groups excluding carboxylic acids is 1. The molecule has 0 saturated heterocycles. The minimum Gasteiger partial charge on any atom is -0.324 e. The van der Waals surface area contributed by atoms with Crippen LogP contribution in [0.4, 0.5) is 14.5 Å². The van der Waals surface area contributed by atoms with E-state index in [4.69, 9.17) is 11.6 Å². The zero-order valence-electron chi connectivity index (χ0n) is 14.1. The van der Waals surface area contributed by atoms with Gasteiger partial charge in [0.25, 0.3) is 5.91 Å². The van der Waals surface area contributed by atoms with E-state index in [-0.39, 0.29) is 11.3 Å². The number of rotatable bonds is 5. The molecule has 0 fully saturated rings. The van der Waals surface area contributed by atoms with Crippen LogP contribution in [0.2, 0.25) is 5.02 Å². The van der Waals surface area contributed by atoms with Crippen LogP contribution in [0.1, 0.15) is 11.2 Å². The number of fused-ring (bicyclic) bond motifs is 1. The highest BCUT2D eigenvalue weighted by Gasteiger charge is 2.41. The van der Waals surface area contributed by atoms with E-state index in [0.717, 1.165) is 29.3 Å². The van der Waals surface area contributed by atoms with Gasteiger partial charge >= 0.3 is 7.60 Å². The number of anilines is 1. The number of hydrogen-bond acceptors (Lipinski definition) is 3. The second-order valence-electron chi connectivity index (χ2n) is 5.81. The van der Waals surface area contributed by atoms with Gasteiger partial charge in [-0.25, -0.2) is 8.78 Å². The Hall–Kier alpha value is -2.09. The quantitative estimate of drug-likeness (QED) is 0.529. The number of halogens is 3. The third-order valence-electron chi connectivity index (χ3n) is 4.03. The van der Waals surface area contributed by atoms with Crippen molar-refractivity contribution in [3.63, 3.8) is 0 Å². The Morgan fingerprint density at radius 3 is 2.54 bits per heavy atom. The van der Waals surface area contributed by atoms with Gasteiger partial charge in [0.1, 0.15) is 0 Å². The van der Waals surface area contributed by atoms with Gasteiger partial charge in [-0.1, -0.05) is 18.2 Å². The molecule has 3 rings (SSSR count). The van der Waals surface area contributed by atoms with Crippen LogP contribution in [-0.4, -0.2) is 15.7 Å². The molecule has 146 valence electrons. The molecular formula is C18H13ClF2NO4PS. The topological polar surface area (TPSA) is 77.8 Å². The summed E-state index contributed by atoms with van der Waals surface area (Å²) in [6.07, 6.45) is 0.985. The van der Waals surface area contributed by atoms with E-state index in [9.17, 15) is 27.9 Å². The lowest BCUT2D eigenvalue weighted by Gasteiger charge is -2.25. The molecular weight excluding hydrogens is 431 g/mol. The van der Waals surface area contributed by atoms with E-state index in [1.54, 1.807) is 12.1 Å². The molecule has 1 atom stereocenters. The Morgan fingerprint density at radius 2 is 1.93 bits per heavy atom. The molecule has 0 aliphatic carbocycles. The van der Waals surface area contributed by atoms with Gasteiger partial charge in [-0.2, -0.15) is 0 Å². The fourth-order valence-electron chi connectivity index (χ4n) is 2.78. The molecule has 0 spiro atoms. The van der Waals surface area contributed by atoms with Gasteiger partial charge in [0, 0.05) is 22.0 Å². The van der Waals surface area contributed by atoms with Crippen LogP contribution in [0.3, 0.4) is 0 Å². The number of thiophene rings is 1. The third kappa shape index (κ3) is 3.87. The van der Waals surface area contributed by atoms with Crippen molar-refractivity contribution in [1.82, 2.24) is 0 Å². The Balaban J connectivity index is 2.14. The minimum atomic E-state index is -4.99. The maximum absolute atomic E-state index is 13.6. The molecule has 2 aromatic carbocycles. The van der Waals surface area contributed by atoms with Gasteiger partial charge in [0.15, 0.2) is 17.3 Å². The predicted octanol–water partition coefficient (Wildman–Crippen LogP) is 5.23. The van der Waals surface area contributed by atoms with Crippen molar-refractivity contribution in [2.24, 2.45) is 0 Å². The van der Waals surface area contributed by atoms with E-state index < -0.39 is 30.8 Å². The summed E-state index contributed by atoms with van der Waals surface area (Å²) in [7, 11) is -4.99. The highest BCUT2D eigenvalue weighted by Crippen LogP contribution is 2.55. The first kappa shape index (κ1) is 20.6. The molecule has 0 radical (unpaired) electrons. The maximum Gasteiger partial charge on any atom is 0.342 e. The summed E-state index contributed by atoms with van der Waals surface area (Å²) in [5.41, 5.74) is -1.89. The fourth-order valence-corrected chi connectivity index (χ4v) is 5.01. The van der Waals surface area contributed by atoms with Gasteiger partial charge in [-0.15, -0.1) is 11.3 Å². The lowest BCUT2D eigenvalue weighted by atomic mass is 10.1. The molecule has 2 N–H and O–H groups in total. The first-order chi connectivity index (χ1) is 13.1. The molecule has 0 aliphatic rings. The highest BCUT2D eigenvalue weighted by atomic mass is 35.5. The second-order valence-corrected chi connectivity index (χ2v) is 8.85. The largest absolute Gasteiger partial charge is 0.342 e. The molecule has 0 bridgehead atoms. The smallest absolute Gasteiger partial charge is 0.324 e. The normalized spacial score (nSPS) is 12.8. The van der Waals surface area contributed by atoms with E-state index in [2.05, 4.69) is 6.58 Å². The van der Waals surface area contributed by atoms with E-state index in [0.29, 0.717) is 15.1 Å². The number of amides is 1. The lowest BCUT2D eigenvalue weighted by molar-refractivity contribution is -0.118. The minimum absolute atomic E-state index is 0.0928. The van der Waals surface area contributed by atoms with Gasteiger partial charge in [-0.05, 0) is 46.7 Å². The number of carbonyl (C=O) groups is 1. The molecule has 1 unspecified atom stereocenters. The lowest BCUT2D eigenvalue weighted by Crippen LogP contribution is -2.30. The van der Waals surface area contributed by atoms with Crippen LogP contribution in [0.25, 0.3) is 10.1 Å². The third-order valence-corrected chi connectivity index (χ3v) is 6.42. The summed E-state index contributed by atoms with van der Waals surface area (Å²) in [4.78, 5) is 33.7. The standard InChI is InChI=1S/C18H13ClF2NO4PS/c1-2-22(11-4-5-14(20)15(21)8-11)18(23)17(27(24,25)26)13-9-28-16-6-3-10(19)7-12(13)16/h2-9,17H,1H2,(H2,24,25,26). The summed E-state index contributed by atoms with van der Waals surface area (Å²) in [5.74, 6) is -3.36. The number of hydrogen-bond donors (Lipinski definition) is 2. The number of nitrogens with zero attached hydrogens (tertiary/aromatic N) is 1. The Kier molecular flexibility index (Phi) is 5.70. The van der Waals surface area contributed by atoms with Crippen molar-refractivity contribution in [3.05, 3.63) is 76.8 Å². The molecule has 1 heterocycles. The summed E-state index contributed by atoms with van der Waals surface area (Å²) >= 11 is 7.18. The van der Waals surface area contributed by atoms with Crippen molar-refractivity contribution in [3.8, 4) is 0 Å². The summed E-state index contributed by atoms with van der Waals surface area (Å²) < 4.78 is 39.7. The van der Waals surface area contributed by atoms with E-state index >= 15 is 0 Å². The average Bonchev–Trinajstić information content (AvgIpc) is 3.00. The molecule has 28 heavy (non-hydrogen) atoms. The summed E-state index contributed by atoms with van der Waals surface area (Å²) in [6.45, 7) is 3.45. The zero-order valence-corrected chi connectivity index (χ0v) is 16.5. The van der Waals surface area contributed by atoms with Gasteiger partial charge in [0.05, 0.1) is 5.69 Å². The van der Waals surface area contributed by atoms with Gasteiger partial charge < -0.3 is 9.79 Å². The number of benzene rings is 2. The zero-order chi connectivity index (χ0) is 20.6. The molecule has 3 aromatic rings. The van der Waals surface area contributed by atoms with Gasteiger partial charge in [-0.3, -0.25) is 14.3 Å². The molecule has 5 nitrogen and oxygen atoms in total. The molecule has 1 amide bonds. The molecule has 0 aliphatic heterocycles. The Labute approximate surface area is 167 Å². The SMILES string of the molecule is C=CN(C(=O)C(c1csc2ccc(Cl)cc12)P(=O)(O)O)c1ccc(F)c(F)c1. The first-order valence-electron chi connectivity index (χ1n) is 7.76. The van der Waals surface area contributed by atoms with Gasteiger partial charge in [0.2, 0.25) is 0 Å². The van der Waals surface area contributed by atoms with E-state index in [1.807, 2.05) is 0 Å². The Bertz CT molecular complexity index is 1130. The molecule has 10 heteroatoms. The average molecular weight is 444 g/mol. The van der Waals surface area contributed by atoms with Crippen LogP contribution in [0.5, 0.6) is 0 Å². The summed E-state index contributed by atoms with van der Waals surface area (Å²) in [5, 5.41) is 2.23. The van der Waals surface area contributed by atoms with Crippen molar-refractivity contribution >= 4 is 52.2 Å². The van der Waals surface area contributed by atoms with Crippen LogP contribution in [0.15, 0.2) is 54.6 Å². The van der Waals surface area contributed by atoms with Crippen LogP contribution < -0.4 is 4.90 Å². The monoisotopic (exact) mass is 443 g/mol.